The monoisotopic (exact) mass is 461 g/mol. The number of rotatable bonds is 6. The number of ether oxygens (including phenoxy) is 1. The molecule has 2 aliphatic rings. The molecule has 0 saturated carbocycles. The summed E-state index contributed by atoms with van der Waals surface area (Å²) in [5, 5.41) is 0. The van der Waals surface area contributed by atoms with E-state index in [1.807, 2.05) is 0 Å². The molecule has 0 spiro atoms. The van der Waals surface area contributed by atoms with E-state index in [1.54, 1.807) is 5.56 Å². The second-order valence-electron chi connectivity index (χ2n) is 8.48. The highest BCUT2D eigenvalue weighted by atomic mass is 79.9. The van der Waals surface area contributed by atoms with Gasteiger partial charge < -0.3 is 4.74 Å². The summed E-state index contributed by atoms with van der Waals surface area (Å²) in [4.78, 5) is 2.73. The van der Waals surface area contributed by atoms with Crippen LogP contribution in [-0.4, -0.2) is 24.1 Å². The molecular weight excluding hydrogens is 434 g/mol. The Kier molecular flexibility index (Phi) is 6.03. The van der Waals surface area contributed by atoms with Crippen molar-refractivity contribution in [2.75, 3.05) is 13.2 Å². The van der Waals surface area contributed by atoms with E-state index in [1.165, 1.54) is 40.4 Å². The van der Waals surface area contributed by atoms with E-state index in [4.69, 9.17) is 4.74 Å². The van der Waals surface area contributed by atoms with Gasteiger partial charge in [-0.05, 0) is 54.1 Å². The van der Waals surface area contributed by atoms with Crippen LogP contribution in [0.4, 0.5) is 0 Å². The Morgan fingerprint density at radius 3 is 2.47 bits per heavy atom. The number of halogens is 1. The molecule has 1 saturated heterocycles. The van der Waals surface area contributed by atoms with Crippen molar-refractivity contribution in [3.8, 4) is 0 Å². The first-order chi connectivity index (χ1) is 14.8. The summed E-state index contributed by atoms with van der Waals surface area (Å²) in [6.45, 7) is 2.52. The van der Waals surface area contributed by atoms with Crippen LogP contribution in [0.3, 0.4) is 0 Å². The lowest BCUT2D eigenvalue weighted by Crippen LogP contribution is -2.39. The Morgan fingerprint density at radius 1 is 0.900 bits per heavy atom. The van der Waals surface area contributed by atoms with Crippen LogP contribution >= 0.6 is 15.9 Å². The number of benzene rings is 3. The predicted octanol–water partition coefficient (Wildman–Crippen LogP) is 6.51. The number of fused-ring (bicyclic) bond motifs is 3. The van der Waals surface area contributed by atoms with E-state index < -0.39 is 0 Å². The average molecular weight is 462 g/mol. The maximum Gasteiger partial charge on any atom is 0.0717 e. The van der Waals surface area contributed by atoms with E-state index in [0.717, 1.165) is 13.2 Å². The Hall–Kier alpha value is -1.94. The molecule has 1 fully saturated rings. The quantitative estimate of drug-likeness (QED) is 0.414. The van der Waals surface area contributed by atoms with E-state index in [9.17, 15) is 0 Å². The van der Waals surface area contributed by atoms with Gasteiger partial charge >= 0.3 is 0 Å². The Balaban J connectivity index is 1.38. The highest BCUT2D eigenvalue weighted by Gasteiger charge is 2.42. The fourth-order valence-electron chi connectivity index (χ4n) is 5.41. The third kappa shape index (κ3) is 3.99. The van der Waals surface area contributed by atoms with Crippen LogP contribution < -0.4 is 0 Å². The molecule has 3 aromatic carbocycles. The van der Waals surface area contributed by atoms with Crippen LogP contribution in [-0.2, 0) is 17.8 Å². The standard InChI is InChI=1S/C27H28BrNO/c28-24-13-7-12-22-14-15-25-23(27(22)24)16-17-29(25)26(21-10-5-2-6-11-21)19-30-18-20-8-3-1-4-9-20/h1-13,23,25-26H,14-19H2/t23-,25-,26+/m1/s1. The molecule has 3 atom stereocenters. The summed E-state index contributed by atoms with van der Waals surface area (Å²) in [5.74, 6) is 0.615. The Labute approximate surface area is 188 Å². The number of aryl methyl sites for hydroxylation is 1. The second kappa shape index (κ2) is 9.05. The van der Waals surface area contributed by atoms with Crippen LogP contribution in [0.2, 0.25) is 0 Å². The smallest absolute Gasteiger partial charge is 0.0717 e. The van der Waals surface area contributed by atoms with Crippen LogP contribution in [0.5, 0.6) is 0 Å². The largest absolute Gasteiger partial charge is 0.375 e. The molecule has 0 radical (unpaired) electrons. The van der Waals surface area contributed by atoms with Gasteiger partial charge in [-0.3, -0.25) is 4.90 Å². The van der Waals surface area contributed by atoms with Crippen molar-refractivity contribution >= 4 is 15.9 Å². The minimum atomic E-state index is 0.300. The maximum atomic E-state index is 6.27. The van der Waals surface area contributed by atoms with Crippen molar-refractivity contribution in [1.82, 2.24) is 4.90 Å². The lowest BCUT2D eigenvalue weighted by Gasteiger charge is -2.38. The van der Waals surface area contributed by atoms with Gasteiger partial charge in [0.25, 0.3) is 0 Å². The van der Waals surface area contributed by atoms with Crippen molar-refractivity contribution in [1.29, 1.82) is 0 Å². The van der Waals surface area contributed by atoms with Gasteiger partial charge in [-0.15, -0.1) is 0 Å². The van der Waals surface area contributed by atoms with Crippen LogP contribution in [0, 0.1) is 0 Å². The maximum absolute atomic E-state index is 6.27. The highest BCUT2D eigenvalue weighted by molar-refractivity contribution is 9.10. The van der Waals surface area contributed by atoms with Crippen molar-refractivity contribution in [2.24, 2.45) is 0 Å². The molecule has 154 valence electrons. The zero-order chi connectivity index (χ0) is 20.3. The molecule has 3 heteroatoms. The summed E-state index contributed by atoms with van der Waals surface area (Å²) in [6.07, 6.45) is 3.62. The number of likely N-dealkylation sites (tertiary alicyclic amines) is 1. The normalized spacial score (nSPS) is 21.8. The van der Waals surface area contributed by atoms with Gasteiger partial charge in [0.15, 0.2) is 0 Å². The van der Waals surface area contributed by atoms with E-state index in [-0.39, 0.29) is 0 Å². The van der Waals surface area contributed by atoms with Gasteiger partial charge in [-0.25, -0.2) is 0 Å². The molecule has 0 aromatic heterocycles. The Bertz CT molecular complexity index is 975. The van der Waals surface area contributed by atoms with Gasteiger partial charge in [-0.1, -0.05) is 88.7 Å². The minimum absolute atomic E-state index is 0.300. The van der Waals surface area contributed by atoms with Crippen molar-refractivity contribution in [3.63, 3.8) is 0 Å². The molecule has 1 aliphatic carbocycles. The summed E-state index contributed by atoms with van der Waals surface area (Å²) in [6, 6.07) is 29.0. The van der Waals surface area contributed by atoms with Gasteiger partial charge in [-0.2, -0.15) is 0 Å². The van der Waals surface area contributed by atoms with E-state index in [2.05, 4.69) is 99.7 Å². The van der Waals surface area contributed by atoms with Crippen LogP contribution in [0.1, 0.15) is 47.1 Å². The molecule has 5 rings (SSSR count). The lowest BCUT2D eigenvalue weighted by atomic mass is 9.79. The third-order valence-electron chi connectivity index (χ3n) is 6.78. The van der Waals surface area contributed by atoms with Crippen molar-refractivity contribution < 1.29 is 4.74 Å². The first-order valence-electron chi connectivity index (χ1n) is 11.0. The second-order valence-corrected chi connectivity index (χ2v) is 9.33. The molecule has 3 aromatic rings. The molecule has 0 bridgehead atoms. The first-order valence-corrected chi connectivity index (χ1v) is 11.8. The van der Waals surface area contributed by atoms with Crippen LogP contribution in [0.15, 0.2) is 83.3 Å². The van der Waals surface area contributed by atoms with E-state index >= 15 is 0 Å². The topological polar surface area (TPSA) is 12.5 Å². The van der Waals surface area contributed by atoms with Gasteiger partial charge in [0, 0.05) is 16.4 Å². The fourth-order valence-corrected chi connectivity index (χ4v) is 6.11. The lowest BCUT2D eigenvalue weighted by molar-refractivity contribution is 0.0399. The molecular formula is C27H28BrNO. The SMILES string of the molecule is Brc1cccc2c1[C@@H]1CCN([C@@H](COCc3ccccc3)c3ccccc3)[C@@H]1CC2. The predicted molar refractivity (Wildman–Crippen MR) is 126 cm³/mol. The zero-order valence-electron chi connectivity index (χ0n) is 17.2. The number of hydrogen-bond acceptors (Lipinski definition) is 2. The number of nitrogens with zero attached hydrogens (tertiary/aromatic N) is 1. The minimum Gasteiger partial charge on any atom is -0.375 e. The highest BCUT2D eigenvalue weighted by Crippen LogP contribution is 2.47. The summed E-state index contributed by atoms with van der Waals surface area (Å²) in [7, 11) is 0. The molecule has 0 unspecified atom stereocenters. The van der Waals surface area contributed by atoms with Crippen molar-refractivity contribution in [2.45, 2.75) is 43.9 Å². The zero-order valence-corrected chi connectivity index (χ0v) is 18.8. The van der Waals surface area contributed by atoms with Gasteiger partial charge in [0.05, 0.1) is 19.3 Å². The number of hydrogen-bond donors (Lipinski definition) is 0. The van der Waals surface area contributed by atoms with Crippen molar-refractivity contribution in [3.05, 3.63) is 106 Å². The third-order valence-corrected chi connectivity index (χ3v) is 7.48. The average Bonchev–Trinajstić information content (AvgIpc) is 3.22. The molecule has 1 heterocycles. The summed E-state index contributed by atoms with van der Waals surface area (Å²) in [5.41, 5.74) is 5.68. The Morgan fingerprint density at radius 2 is 1.67 bits per heavy atom. The first kappa shape index (κ1) is 20.0. The van der Waals surface area contributed by atoms with E-state index in [0.29, 0.717) is 24.6 Å². The fraction of sp³-hybridized carbons (Fsp3) is 0.333. The summed E-state index contributed by atoms with van der Waals surface area (Å²) < 4.78 is 7.56. The van der Waals surface area contributed by atoms with Gasteiger partial charge in [0.2, 0.25) is 0 Å². The molecule has 30 heavy (non-hydrogen) atoms. The molecule has 1 aliphatic heterocycles. The molecule has 0 N–H and O–H groups in total. The summed E-state index contributed by atoms with van der Waals surface area (Å²) >= 11 is 3.85. The molecule has 2 nitrogen and oxygen atoms in total. The van der Waals surface area contributed by atoms with Crippen LogP contribution in [0.25, 0.3) is 0 Å². The van der Waals surface area contributed by atoms with Gasteiger partial charge in [0.1, 0.15) is 0 Å². The molecule has 0 amide bonds.